The number of aryl methyl sites for hydroxylation is 1. The minimum Gasteiger partial charge on any atom is -0.497 e. The first kappa shape index (κ1) is 23.5. The van der Waals surface area contributed by atoms with Gasteiger partial charge in [-0.3, -0.25) is 9.59 Å². The normalized spacial score (nSPS) is 11.5. The van der Waals surface area contributed by atoms with Crippen molar-refractivity contribution in [3.63, 3.8) is 0 Å². The molecule has 6 nitrogen and oxygen atoms in total. The van der Waals surface area contributed by atoms with Crippen molar-refractivity contribution < 1.29 is 19.1 Å². The van der Waals surface area contributed by atoms with Gasteiger partial charge in [-0.1, -0.05) is 30.7 Å². The standard InChI is InChI=1S/C23H29ClN2O4/c1-5-11-25-23(28)17(3)26(14-18-7-6-8-19(13-18)29-4)22(27)15-30-20-9-10-21(24)16(2)12-20/h6-10,12-13,17H,5,11,14-15H2,1-4H3,(H,25,28). The van der Waals surface area contributed by atoms with Crippen LogP contribution in [0.4, 0.5) is 0 Å². The van der Waals surface area contributed by atoms with Gasteiger partial charge in [-0.05, 0) is 61.7 Å². The zero-order valence-corrected chi connectivity index (χ0v) is 18.7. The van der Waals surface area contributed by atoms with E-state index in [1.54, 1.807) is 32.2 Å². The quantitative estimate of drug-likeness (QED) is 0.616. The average molecular weight is 433 g/mol. The first-order valence-corrected chi connectivity index (χ1v) is 10.3. The molecule has 2 rings (SSSR count). The Morgan fingerprint density at radius 1 is 1.17 bits per heavy atom. The van der Waals surface area contributed by atoms with E-state index in [2.05, 4.69) is 5.32 Å². The monoisotopic (exact) mass is 432 g/mol. The second-order valence-electron chi connectivity index (χ2n) is 7.04. The lowest BCUT2D eigenvalue weighted by Crippen LogP contribution is -2.49. The average Bonchev–Trinajstić information content (AvgIpc) is 2.76. The van der Waals surface area contributed by atoms with Gasteiger partial charge in [0.2, 0.25) is 5.91 Å². The van der Waals surface area contributed by atoms with Gasteiger partial charge in [0.05, 0.1) is 7.11 Å². The summed E-state index contributed by atoms with van der Waals surface area (Å²) in [6.45, 7) is 6.20. The minimum absolute atomic E-state index is 0.184. The maximum absolute atomic E-state index is 13.0. The molecule has 0 aliphatic rings. The Kier molecular flexibility index (Phi) is 8.99. The predicted molar refractivity (Wildman–Crippen MR) is 118 cm³/mol. The van der Waals surface area contributed by atoms with E-state index in [1.807, 2.05) is 38.1 Å². The van der Waals surface area contributed by atoms with Gasteiger partial charge in [0, 0.05) is 18.1 Å². The summed E-state index contributed by atoms with van der Waals surface area (Å²) >= 11 is 6.04. The fraction of sp³-hybridized carbons (Fsp3) is 0.391. The highest BCUT2D eigenvalue weighted by molar-refractivity contribution is 6.31. The van der Waals surface area contributed by atoms with Gasteiger partial charge in [-0.2, -0.15) is 0 Å². The summed E-state index contributed by atoms with van der Waals surface area (Å²) in [5.74, 6) is 0.755. The number of carbonyl (C=O) groups is 2. The Balaban J connectivity index is 2.16. The Bertz CT molecular complexity index is 872. The van der Waals surface area contributed by atoms with Crippen molar-refractivity contribution in [2.45, 2.75) is 39.8 Å². The Labute approximate surface area is 183 Å². The zero-order valence-electron chi connectivity index (χ0n) is 17.9. The van der Waals surface area contributed by atoms with Crippen molar-refractivity contribution in [1.82, 2.24) is 10.2 Å². The fourth-order valence-electron chi connectivity index (χ4n) is 2.88. The summed E-state index contributed by atoms with van der Waals surface area (Å²) in [5.41, 5.74) is 1.72. The van der Waals surface area contributed by atoms with Crippen molar-refractivity contribution in [2.75, 3.05) is 20.3 Å². The van der Waals surface area contributed by atoms with Gasteiger partial charge in [0.25, 0.3) is 5.91 Å². The van der Waals surface area contributed by atoms with E-state index in [1.165, 1.54) is 4.90 Å². The van der Waals surface area contributed by atoms with E-state index < -0.39 is 6.04 Å². The summed E-state index contributed by atoms with van der Waals surface area (Å²) in [6, 6.07) is 12.0. The number of nitrogens with one attached hydrogen (secondary N) is 1. The first-order valence-electron chi connectivity index (χ1n) is 9.94. The Morgan fingerprint density at radius 2 is 1.93 bits per heavy atom. The van der Waals surface area contributed by atoms with Crippen LogP contribution in [0.2, 0.25) is 5.02 Å². The van der Waals surface area contributed by atoms with Crippen LogP contribution < -0.4 is 14.8 Å². The molecule has 1 atom stereocenters. The van der Waals surface area contributed by atoms with Gasteiger partial charge >= 0.3 is 0 Å². The van der Waals surface area contributed by atoms with E-state index in [4.69, 9.17) is 21.1 Å². The van der Waals surface area contributed by atoms with Crippen LogP contribution in [0.15, 0.2) is 42.5 Å². The number of carbonyl (C=O) groups excluding carboxylic acids is 2. The van der Waals surface area contributed by atoms with E-state index in [0.717, 1.165) is 17.5 Å². The molecule has 2 amide bonds. The minimum atomic E-state index is -0.647. The fourth-order valence-corrected chi connectivity index (χ4v) is 3.00. The van der Waals surface area contributed by atoms with E-state index in [0.29, 0.717) is 23.1 Å². The van der Waals surface area contributed by atoms with Crippen LogP contribution in [0.3, 0.4) is 0 Å². The van der Waals surface area contributed by atoms with E-state index in [-0.39, 0.29) is 25.0 Å². The molecular formula is C23H29ClN2O4. The molecule has 0 fully saturated rings. The third-order valence-electron chi connectivity index (χ3n) is 4.70. The van der Waals surface area contributed by atoms with Gasteiger partial charge in [-0.25, -0.2) is 0 Å². The summed E-state index contributed by atoms with van der Waals surface area (Å²) < 4.78 is 10.9. The van der Waals surface area contributed by atoms with Crippen LogP contribution >= 0.6 is 11.6 Å². The molecule has 30 heavy (non-hydrogen) atoms. The molecule has 7 heteroatoms. The second-order valence-corrected chi connectivity index (χ2v) is 7.45. The Hall–Kier alpha value is -2.73. The highest BCUT2D eigenvalue weighted by Gasteiger charge is 2.26. The SMILES string of the molecule is CCCNC(=O)C(C)N(Cc1cccc(OC)c1)C(=O)COc1ccc(Cl)c(C)c1. The highest BCUT2D eigenvalue weighted by Crippen LogP contribution is 2.21. The topological polar surface area (TPSA) is 67.9 Å². The summed E-state index contributed by atoms with van der Waals surface area (Å²) in [5, 5.41) is 3.48. The van der Waals surface area contributed by atoms with Crippen LogP contribution in [0, 0.1) is 6.92 Å². The maximum atomic E-state index is 13.0. The van der Waals surface area contributed by atoms with Gasteiger partial charge in [0.1, 0.15) is 17.5 Å². The van der Waals surface area contributed by atoms with Crippen molar-refractivity contribution in [3.05, 3.63) is 58.6 Å². The molecule has 2 aromatic carbocycles. The number of hydrogen-bond donors (Lipinski definition) is 1. The Morgan fingerprint density at radius 3 is 2.60 bits per heavy atom. The third kappa shape index (κ3) is 6.66. The molecule has 0 radical (unpaired) electrons. The van der Waals surface area contributed by atoms with Gasteiger partial charge in [0.15, 0.2) is 6.61 Å². The highest BCUT2D eigenvalue weighted by atomic mass is 35.5. The molecule has 0 saturated carbocycles. The number of benzene rings is 2. The second kappa shape index (κ2) is 11.5. The molecule has 0 spiro atoms. The van der Waals surface area contributed by atoms with Crippen LogP contribution in [0.25, 0.3) is 0 Å². The largest absolute Gasteiger partial charge is 0.497 e. The van der Waals surface area contributed by atoms with Crippen molar-refractivity contribution in [3.8, 4) is 11.5 Å². The van der Waals surface area contributed by atoms with Gasteiger partial charge < -0.3 is 19.7 Å². The molecule has 1 unspecified atom stereocenters. The number of amides is 2. The number of ether oxygens (including phenoxy) is 2. The summed E-state index contributed by atoms with van der Waals surface area (Å²) in [6.07, 6.45) is 0.821. The predicted octanol–water partition coefficient (Wildman–Crippen LogP) is 3.98. The van der Waals surface area contributed by atoms with Crippen molar-refractivity contribution in [2.24, 2.45) is 0 Å². The molecule has 0 saturated heterocycles. The third-order valence-corrected chi connectivity index (χ3v) is 5.12. The molecule has 0 bridgehead atoms. The first-order chi connectivity index (χ1) is 14.3. The van der Waals surface area contributed by atoms with Gasteiger partial charge in [-0.15, -0.1) is 0 Å². The van der Waals surface area contributed by atoms with Crippen LogP contribution in [0.5, 0.6) is 11.5 Å². The number of halogens is 1. The number of nitrogens with zero attached hydrogens (tertiary/aromatic N) is 1. The van der Waals surface area contributed by atoms with Crippen molar-refractivity contribution >= 4 is 23.4 Å². The molecule has 0 aromatic heterocycles. The lowest BCUT2D eigenvalue weighted by atomic mass is 10.1. The van der Waals surface area contributed by atoms with Crippen LogP contribution in [0.1, 0.15) is 31.4 Å². The molecule has 0 heterocycles. The van der Waals surface area contributed by atoms with Crippen LogP contribution in [-0.2, 0) is 16.1 Å². The van der Waals surface area contributed by atoms with E-state index in [9.17, 15) is 9.59 Å². The number of methoxy groups -OCH3 is 1. The molecular weight excluding hydrogens is 404 g/mol. The lowest BCUT2D eigenvalue weighted by molar-refractivity contribution is -0.142. The van der Waals surface area contributed by atoms with Crippen LogP contribution in [-0.4, -0.2) is 43.0 Å². The summed E-state index contributed by atoms with van der Waals surface area (Å²) in [4.78, 5) is 27.1. The molecule has 0 aliphatic carbocycles. The lowest BCUT2D eigenvalue weighted by Gasteiger charge is -2.29. The zero-order chi connectivity index (χ0) is 22.1. The molecule has 2 aromatic rings. The maximum Gasteiger partial charge on any atom is 0.261 e. The molecule has 1 N–H and O–H groups in total. The number of rotatable bonds is 10. The molecule has 162 valence electrons. The number of hydrogen-bond acceptors (Lipinski definition) is 4. The van der Waals surface area contributed by atoms with Crippen molar-refractivity contribution in [1.29, 1.82) is 0 Å². The molecule has 0 aliphatic heterocycles. The van der Waals surface area contributed by atoms with E-state index >= 15 is 0 Å². The summed E-state index contributed by atoms with van der Waals surface area (Å²) in [7, 11) is 1.59. The smallest absolute Gasteiger partial charge is 0.261 e.